The van der Waals surface area contributed by atoms with Crippen LogP contribution in [0, 0.1) is 0 Å². The lowest BCUT2D eigenvalue weighted by Gasteiger charge is -2.13. The summed E-state index contributed by atoms with van der Waals surface area (Å²) >= 11 is 0. The first-order chi connectivity index (χ1) is 9.99. The van der Waals surface area contributed by atoms with Gasteiger partial charge in [0, 0.05) is 32.5 Å². The number of aryl methyl sites for hydroxylation is 2. The maximum absolute atomic E-state index is 12.0. The number of hydrogen-bond donors (Lipinski definition) is 1. The van der Waals surface area contributed by atoms with E-state index in [9.17, 15) is 9.59 Å². The van der Waals surface area contributed by atoms with Crippen molar-refractivity contribution in [3.05, 3.63) is 64.1 Å². The standard InChI is InChI=1S/C16H18N2O3/c1-17(2)13-7-5-12(6-8-13)9-11-18-10-3-4-14(15(18)19)16(20)21/h3-8,10H,9,11H2,1-2H3,(H,20,21). The molecule has 0 aliphatic rings. The van der Waals surface area contributed by atoms with E-state index in [1.165, 1.54) is 10.6 Å². The molecule has 5 nitrogen and oxygen atoms in total. The monoisotopic (exact) mass is 286 g/mol. The minimum absolute atomic E-state index is 0.194. The lowest BCUT2D eigenvalue weighted by Crippen LogP contribution is -2.26. The minimum atomic E-state index is -1.19. The number of carboxylic acids is 1. The van der Waals surface area contributed by atoms with Gasteiger partial charge < -0.3 is 14.6 Å². The second-order valence-corrected chi connectivity index (χ2v) is 5.04. The number of rotatable bonds is 5. The van der Waals surface area contributed by atoms with Gasteiger partial charge in [0.2, 0.25) is 0 Å². The summed E-state index contributed by atoms with van der Waals surface area (Å²) in [5.41, 5.74) is 1.56. The normalized spacial score (nSPS) is 10.4. The number of aromatic carboxylic acids is 1. The van der Waals surface area contributed by atoms with Gasteiger partial charge >= 0.3 is 5.97 Å². The molecule has 0 saturated heterocycles. The van der Waals surface area contributed by atoms with Gasteiger partial charge in [0.05, 0.1) is 0 Å². The number of aromatic nitrogens is 1. The highest BCUT2D eigenvalue weighted by atomic mass is 16.4. The molecule has 1 aromatic carbocycles. The van der Waals surface area contributed by atoms with Gasteiger partial charge in [0.15, 0.2) is 0 Å². The van der Waals surface area contributed by atoms with Crippen molar-refractivity contribution in [3.8, 4) is 0 Å². The number of pyridine rings is 1. The van der Waals surface area contributed by atoms with E-state index < -0.39 is 11.5 Å². The van der Waals surface area contributed by atoms with Gasteiger partial charge in [-0.15, -0.1) is 0 Å². The largest absolute Gasteiger partial charge is 0.477 e. The van der Waals surface area contributed by atoms with Crippen LogP contribution < -0.4 is 10.5 Å². The van der Waals surface area contributed by atoms with Crippen molar-refractivity contribution in [2.45, 2.75) is 13.0 Å². The van der Waals surface area contributed by atoms with Crippen molar-refractivity contribution in [1.82, 2.24) is 4.57 Å². The van der Waals surface area contributed by atoms with Gasteiger partial charge in [-0.2, -0.15) is 0 Å². The van der Waals surface area contributed by atoms with E-state index in [-0.39, 0.29) is 5.56 Å². The summed E-state index contributed by atoms with van der Waals surface area (Å²) in [6.45, 7) is 0.460. The van der Waals surface area contributed by atoms with Crippen molar-refractivity contribution in [1.29, 1.82) is 0 Å². The average molecular weight is 286 g/mol. The zero-order chi connectivity index (χ0) is 15.4. The molecule has 0 bridgehead atoms. The van der Waals surface area contributed by atoms with E-state index in [0.29, 0.717) is 13.0 Å². The number of anilines is 1. The number of carboxylic acid groups (broad SMARTS) is 1. The molecule has 2 aromatic rings. The first-order valence-electron chi connectivity index (χ1n) is 6.68. The van der Waals surface area contributed by atoms with Crippen molar-refractivity contribution in [2.24, 2.45) is 0 Å². The van der Waals surface area contributed by atoms with Gasteiger partial charge in [-0.3, -0.25) is 4.79 Å². The molecule has 1 heterocycles. The smallest absolute Gasteiger partial charge is 0.341 e. The molecule has 0 fully saturated rings. The van der Waals surface area contributed by atoms with Gasteiger partial charge in [-0.05, 0) is 36.2 Å². The fraction of sp³-hybridized carbons (Fsp3) is 0.250. The zero-order valence-corrected chi connectivity index (χ0v) is 12.1. The molecule has 0 atom stereocenters. The maximum Gasteiger partial charge on any atom is 0.341 e. The topological polar surface area (TPSA) is 62.5 Å². The third-order valence-corrected chi connectivity index (χ3v) is 3.34. The second kappa shape index (κ2) is 6.26. The highest BCUT2D eigenvalue weighted by Crippen LogP contribution is 2.12. The first-order valence-corrected chi connectivity index (χ1v) is 6.68. The van der Waals surface area contributed by atoms with Crippen LogP contribution in [0.3, 0.4) is 0 Å². The van der Waals surface area contributed by atoms with Gasteiger partial charge in [0.1, 0.15) is 5.56 Å². The Labute approximate surface area is 123 Å². The number of hydrogen-bond acceptors (Lipinski definition) is 3. The molecule has 5 heteroatoms. The van der Waals surface area contributed by atoms with E-state index in [0.717, 1.165) is 11.3 Å². The Morgan fingerprint density at radius 3 is 2.43 bits per heavy atom. The molecule has 1 aromatic heterocycles. The van der Waals surface area contributed by atoms with Crippen LogP contribution in [0.4, 0.5) is 5.69 Å². The lowest BCUT2D eigenvalue weighted by atomic mass is 10.1. The van der Waals surface area contributed by atoms with Gasteiger partial charge in [0.25, 0.3) is 5.56 Å². The van der Waals surface area contributed by atoms with Gasteiger partial charge in [-0.25, -0.2) is 4.79 Å². The Balaban J connectivity index is 2.11. The highest BCUT2D eigenvalue weighted by Gasteiger charge is 2.09. The summed E-state index contributed by atoms with van der Waals surface area (Å²) in [6, 6.07) is 11.0. The van der Waals surface area contributed by atoms with Crippen LogP contribution >= 0.6 is 0 Å². The van der Waals surface area contributed by atoms with Crippen molar-refractivity contribution in [3.63, 3.8) is 0 Å². The predicted molar refractivity (Wildman–Crippen MR) is 82.1 cm³/mol. The molecule has 0 saturated carbocycles. The first kappa shape index (κ1) is 14.8. The molecule has 0 spiro atoms. The number of benzene rings is 1. The highest BCUT2D eigenvalue weighted by molar-refractivity contribution is 5.86. The minimum Gasteiger partial charge on any atom is -0.477 e. The predicted octanol–water partition coefficient (Wildman–Crippen LogP) is 1.86. The summed E-state index contributed by atoms with van der Waals surface area (Å²) in [4.78, 5) is 24.9. The molecule has 21 heavy (non-hydrogen) atoms. The van der Waals surface area contributed by atoms with E-state index in [2.05, 4.69) is 0 Å². The average Bonchev–Trinajstić information content (AvgIpc) is 2.46. The van der Waals surface area contributed by atoms with Crippen LogP contribution in [0.5, 0.6) is 0 Å². The van der Waals surface area contributed by atoms with Crippen LogP contribution in [-0.4, -0.2) is 29.7 Å². The number of nitrogens with zero attached hydrogens (tertiary/aromatic N) is 2. The Morgan fingerprint density at radius 1 is 1.19 bits per heavy atom. The molecule has 0 aliphatic heterocycles. The zero-order valence-electron chi connectivity index (χ0n) is 12.1. The van der Waals surface area contributed by atoms with E-state index in [1.807, 2.05) is 43.3 Å². The molecule has 0 aliphatic carbocycles. The molecule has 1 N–H and O–H groups in total. The van der Waals surface area contributed by atoms with E-state index in [1.54, 1.807) is 12.3 Å². The molecular formula is C16H18N2O3. The molecule has 0 radical (unpaired) electrons. The Bertz CT molecular complexity index is 687. The third-order valence-electron chi connectivity index (χ3n) is 3.34. The molecule has 2 rings (SSSR count). The van der Waals surface area contributed by atoms with Crippen LogP contribution in [0.2, 0.25) is 0 Å². The van der Waals surface area contributed by atoms with Crippen molar-refractivity contribution in [2.75, 3.05) is 19.0 Å². The summed E-state index contributed by atoms with van der Waals surface area (Å²) in [5.74, 6) is -1.19. The Morgan fingerprint density at radius 2 is 1.86 bits per heavy atom. The SMILES string of the molecule is CN(C)c1ccc(CCn2cccc(C(=O)O)c2=O)cc1. The maximum atomic E-state index is 12.0. The number of carbonyl (C=O) groups is 1. The summed E-state index contributed by atoms with van der Waals surface area (Å²) < 4.78 is 1.43. The fourth-order valence-electron chi connectivity index (χ4n) is 2.09. The van der Waals surface area contributed by atoms with Crippen molar-refractivity contribution < 1.29 is 9.90 Å². The summed E-state index contributed by atoms with van der Waals surface area (Å²) in [7, 11) is 3.96. The molecule has 0 unspecified atom stereocenters. The molecular weight excluding hydrogens is 268 g/mol. The van der Waals surface area contributed by atoms with Crippen molar-refractivity contribution >= 4 is 11.7 Å². The third kappa shape index (κ3) is 3.51. The van der Waals surface area contributed by atoms with Crippen LogP contribution in [0.25, 0.3) is 0 Å². The summed E-state index contributed by atoms with van der Waals surface area (Å²) in [6.07, 6.45) is 2.29. The van der Waals surface area contributed by atoms with Crippen LogP contribution in [0.1, 0.15) is 15.9 Å². The van der Waals surface area contributed by atoms with Gasteiger partial charge in [-0.1, -0.05) is 12.1 Å². The van der Waals surface area contributed by atoms with E-state index in [4.69, 9.17) is 5.11 Å². The summed E-state index contributed by atoms with van der Waals surface area (Å²) in [5, 5.41) is 8.94. The van der Waals surface area contributed by atoms with E-state index >= 15 is 0 Å². The lowest BCUT2D eigenvalue weighted by molar-refractivity contribution is 0.0694. The second-order valence-electron chi connectivity index (χ2n) is 5.04. The van der Waals surface area contributed by atoms with Crippen LogP contribution in [0.15, 0.2) is 47.4 Å². The quantitative estimate of drug-likeness (QED) is 0.911. The fourth-order valence-corrected chi connectivity index (χ4v) is 2.09. The Kier molecular flexibility index (Phi) is 4.42. The molecule has 0 amide bonds. The van der Waals surface area contributed by atoms with Crippen LogP contribution in [-0.2, 0) is 13.0 Å². The molecule has 110 valence electrons. The Hall–Kier alpha value is -2.56.